The normalized spacial score (nSPS) is 20.4. The van der Waals surface area contributed by atoms with E-state index in [4.69, 9.17) is 9.47 Å². The molecule has 0 aliphatic carbocycles. The first kappa shape index (κ1) is 12.9. The van der Waals surface area contributed by atoms with E-state index in [1.807, 2.05) is 0 Å². The van der Waals surface area contributed by atoms with Gasteiger partial charge in [0, 0.05) is 25.9 Å². The molecule has 3 nitrogen and oxygen atoms in total. The van der Waals surface area contributed by atoms with Crippen LogP contribution in [0.15, 0.2) is 0 Å². The van der Waals surface area contributed by atoms with E-state index < -0.39 is 0 Å². The highest BCUT2D eigenvalue weighted by Crippen LogP contribution is 2.14. The van der Waals surface area contributed by atoms with E-state index in [2.05, 4.69) is 19.2 Å². The maximum Gasteiger partial charge on any atom is 0.0619 e. The van der Waals surface area contributed by atoms with Crippen LogP contribution in [0.3, 0.4) is 0 Å². The van der Waals surface area contributed by atoms with Crippen molar-refractivity contribution in [2.45, 2.75) is 39.2 Å². The zero-order chi connectivity index (χ0) is 10.9. The molecule has 0 amide bonds. The number of ether oxygens (including phenoxy) is 2. The highest BCUT2D eigenvalue weighted by Gasteiger charge is 2.14. The van der Waals surface area contributed by atoms with Gasteiger partial charge in [-0.05, 0) is 31.7 Å². The largest absolute Gasteiger partial charge is 0.381 e. The Labute approximate surface area is 93.5 Å². The third-order valence-electron chi connectivity index (χ3n) is 3.00. The predicted octanol–water partition coefficient (Wildman–Crippen LogP) is 1.82. The molecular weight excluding hydrogens is 190 g/mol. The summed E-state index contributed by atoms with van der Waals surface area (Å²) in [6, 6.07) is 0.523. The summed E-state index contributed by atoms with van der Waals surface area (Å²) in [4.78, 5) is 0. The van der Waals surface area contributed by atoms with Crippen molar-refractivity contribution < 1.29 is 9.47 Å². The van der Waals surface area contributed by atoms with E-state index in [1.165, 1.54) is 0 Å². The molecule has 1 fully saturated rings. The zero-order valence-corrected chi connectivity index (χ0v) is 10.1. The molecule has 1 atom stereocenters. The average Bonchev–Trinajstić information content (AvgIpc) is 2.29. The van der Waals surface area contributed by atoms with Gasteiger partial charge in [0.1, 0.15) is 0 Å². The summed E-state index contributed by atoms with van der Waals surface area (Å²) < 4.78 is 11.1. The molecule has 1 rings (SSSR count). The lowest BCUT2D eigenvalue weighted by molar-refractivity contribution is 0.0152. The monoisotopic (exact) mass is 215 g/mol. The summed E-state index contributed by atoms with van der Waals surface area (Å²) in [7, 11) is 0. The fraction of sp³-hybridized carbons (Fsp3) is 1.00. The lowest BCUT2D eigenvalue weighted by atomic mass is 10.0. The summed E-state index contributed by atoms with van der Waals surface area (Å²) in [5.74, 6) is 0.720. The molecule has 3 heteroatoms. The molecule has 1 aliphatic rings. The highest BCUT2D eigenvalue weighted by atomic mass is 16.5. The molecule has 15 heavy (non-hydrogen) atoms. The van der Waals surface area contributed by atoms with Gasteiger partial charge in [-0.2, -0.15) is 0 Å². The first-order valence-corrected chi connectivity index (χ1v) is 6.25. The highest BCUT2D eigenvalue weighted by molar-refractivity contribution is 4.65. The molecule has 1 N–H and O–H groups in total. The first-order chi connectivity index (χ1) is 7.36. The Hall–Kier alpha value is -0.120. The van der Waals surface area contributed by atoms with Crippen LogP contribution in [0.25, 0.3) is 0 Å². The third kappa shape index (κ3) is 5.50. The SMILES string of the molecule is CCNC(CC)COCC1CCOCC1. The lowest BCUT2D eigenvalue weighted by Crippen LogP contribution is -2.33. The minimum absolute atomic E-state index is 0.523. The van der Waals surface area contributed by atoms with Gasteiger partial charge in [-0.25, -0.2) is 0 Å². The van der Waals surface area contributed by atoms with Gasteiger partial charge in [0.2, 0.25) is 0 Å². The van der Waals surface area contributed by atoms with Gasteiger partial charge in [-0.3, -0.25) is 0 Å². The average molecular weight is 215 g/mol. The van der Waals surface area contributed by atoms with E-state index in [0.717, 1.165) is 58.2 Å². The number of nitrogens with one attached hydrogen (secondary N) is 1. The molecule has 90 valence electrons. The molecule has 0 saturated carbocycles. The summed E-state index contributed by atoms with van der Waals surface area (Å²) >= 11 is 0. The molecule has 0 aromatic rings. The minimum Gasteiger partial charge on any atom is -0.381 e. The van der Waals surface area contributed by atoms with Crippen molar-refractivity contribution in [2.75, 3.05) is 33.0 Å². The van der Waals surface area contributed by atoms with Crippen LogP contribution in [0.4, 0.5) is 0 Å². The predicted molar refractivity (Wildman–Crippen MR) is 62.1 cm³/mol. The van der Waals surface area contributed by atoms with Crippen LogP contribution in [0.1, 0.15) is 33.1 Å². The molecule has 0 aromatic heterocycles. The third-order valence-corrected chi connectivity index (χ3v) is 3.00. The molecule has 0 spiro atoms. The maximum absolute atomic E-state index is 5.76. The van der Waals surface area contributed by atoms with Crippen LogP contribution in [0.5, 0.6) is 0 Å². The first-order valence-electron chi connectivity index (χ1n) is 6.25. The lowest BCUT2D eigenvalue weighted by Gasteiger charge is -2.23. The Morgan fingerprint density at radius 1 is 1.33 bits per heavy atom. The molecule has 1 aliphatic heterocycles. The van der Waals surface area contributed by atoms with Crippen LogP contribution < -0.4 is 5.32 Å². The molecule has 1 saturated heterocycles. The standard InChI is InChI=1S/C12H25NO2/c1-3-12(13-4-2)10-15-9-11-5-7-14-8-6-11/h11-13H,3-10H2,1-2H3. The summed E-state index contributed by atoms with van der Waals surface area (Å²) in [5.41, 5.74) is 0. The molecule has 0 radical (unpaired) electrons. The number of rotatable bonds is 7. The second-order valence-corrected chi connectivity index (χ2v) is 4.26. The zero-order valence-electron chi connectivity index (χ0n) is 10.1. The molecule has 1 heterocycles. The van der Waals surface area contributed by atoms with E-state index in [0.29, 0.717) is 6.04 Å². The fourth-order valence-electron chi connectivity index (χ4n) is 1.90. The van der Waals surface area contributed by atoms with E-state index in [1.54, 1.807) is 0 Å². The smallest absolute Gasteiger partial charge is 0.0619 e. The summed E-state index contributed by atoms with van der Waals surface area (Å²) in [5, 5.41) is 3.42. The summed E-state index contributed by atoms with van der Waals surface area (Å²) in [6.07, 6.45) is 3.47. The van der Waals surface area contributed by atoms with E-state index in [-0.39, 0.29) is 0 Å². The van der Waals surface area contributed by atoms with Gasteiger partial charge in [0.05, 0.1) is 6.61 Å². The van der Waals surface area contributed by atoms with Gasteiger partial charge in [-0.1, -0.05) is 13.8 Å². The van der Waals surface area contributed by atoms with Crippen LogP contribution in [0, 0.1) is 5.92 Å². The van der Waals surface area contributed by atoms with Crippen molar-refractivity contribution in [3.63, 3.8) is 0 Å². The van der Waals surface area contributed by atoms with E-state index >= 15 is 0 Å². The second kappa shape index (κ2) is 8.08. The fourth-order valence-corrected chi connectivity index (χ4v) is 1.90. The quantitative estimate of drug-likeness (QED) is 0.702. The minimum atomic E-state index is 0.523. The van der Waals surface area contributed by atoms with Crippen molar-refractivity contribution in [3.8, 4) is 0 Å². The van der Waals surface area contributed by atoms with Crippen molar-refractivity contribution in [3.05, 3.63) is 0 Å². The second-order valence-electron chi connectivity index (χ2n) is 4.26. The Kier molecular flexibility index (Phi) is 6.98. The Morgan fingerprint density at radius 2 is 2.07 bits per heavy atom. The Morgan fingerprint density at radius 3 is 2.67 bits per heavy atom. The Bertz CT molecular complexity index is 142. The number of hydrogen-bond acceptors (Lipinski definition) is 3. The van der Waals surface area contributed by atoms with Gasteiger partial charge in [-0.15, -0.1) is 0 Å². The molecule has 1 unspecified atom stereocenters. The molecular formula is C12H25NO2. The van der Waals surface area contributed by atoms with Crippen molar-refractivity contribution in [1.82, 2.24) is 5.32 Å². The van der Waals surface area contributed by atoms with Gasteiger partial charge in [0.15, 0.2) is 0 Å². The van der Waals surface area contributed by atoms with Crippen molar-refractivity contribution in [2.24, 2.45) is 5.92 Å². The topological polar surface area (TPSA) is 30.5 Å². The van der Waals surface area contributed by atoms with Crippen LogP contribution >= 0.6 is 0 Å². The van der Waals surface area contributed by atoms with Gasteiger partial charge in [0.25, 0.3) is 0 Å². The van der Waals surface area contributed by atoms with Crippen molar-refractivity contribution in [1.29, 1.82) is 0 Å². The molecule has 0 aromatic carbocycles. The van der Waals surface area contributed by atoms with Crippen molar-refractivity contribution >= 4 is 0 Å². The van der Waals surface area contributed by atoms with Crippen LogP contribution in [-0.4, -0.2) is 39.0 Å². The van der Waals surface area contributed by atoms with Gasteiger partial charge < -0.3 is 14.8 Å². The van der Waals surface area contributed by atoms with Crippen LogP contribution in [0.2, 0.25) is 0 Å². The van der Waals surface area contributed by atoms with E-state index in [9.17, 15) is 0 Å². The number of likely N-dealkylation sites (N-methyl/N-ethyl adjacent to an activating group) is 1. The molecule has 0 bridgehead atoms. The van der Waals surface area contributed by atoms with Gasteiger partial charge >= 0.3 is 0 Å². The Balaban J connectivity index is 2.03. The number of hydrogen-bond donors (Lipinski definition) is 1. The van der Waals surface area contributed by atoms with Crippen LogP contribution in [-0.2, 0) is 9.47 Å². The maximum atomic E-state index is 5.76. The summed E-state index contributed by atoms with van der Waals surface area (Å²) in [6.45, 7) is 8.95.